The summed E-state index contributed by atoms with van der Waals surface area (Å²) < 4.78 is 28.0. The first-order valence-corrected chi connectivity index (χ1v) is 9.79. The largest absolute Gasteiger partial charge is 0.391 e. The minimum Gasteiger partial charge on any atom is -0.391 e. The number of aromatic nitrogens is 2. The number of anilines is 2. The third kappa shape index (κ3) is 3.21. The van der Waals surface area contributed by atoms with Gasteiger partial charge in [0.1, 0.15) is 0 Å². The molecule has 26 heavy (non-hydrogen) atoms. The van der Waals surface area contributed by atoms with Crippen molar-refractivity contribution in [3.8, 4) is 0 Å². The van der Waals surface area contributed by atoms with Gasteiger partial charge in [-0.15, -0.1) is 0 Å². The van der Waals surface area contributed by atoms with E-state index in [9.17, 15) is 13.5 Å². The number of fused-ring (bicyclic) bond motifs is 1. The first-order valence-electron chi connectivity index (χ1n) is 8.30. The van der Waals surface area contributed by atoms with Crippen LogP contribution in [0.25, 0.3) is 11.0 Å². The molecule has 0 aliphatic carbocycles. The van der Waals surface area contributed by atoms with Crippen LogP contribution in [0, 0.1) is 0 Å². The van der Waals surface area contributed by atoms with Crippen molar-refractivity contribution in [1.82, 2.24) is 9.97 Å². The highest BCUT2D eigenvalue weighted by Gasteiger charge is 2.27. The number of rotatable bonds is 4. The molecular weight excluding hydrogens is 352 g/mol. The molecule has 3 aromatic rings. The van der Waals surface area contributed by atoms with E-state index in [1.54, 1.807) is 24.3 Å². The van der Waals surface area contributed by atoms with Gasteiger partial charge < -0.3 is 10.0 Å². The Morgan fingerprint density at radius 2 is 1.65 bits per heavy atom. The number of β-amino-alcohol motifs (C(OH)–C–C–N with tert-alkyl or cyclic N) is 1. The molecule has 1 aliphatic heterocycles. The van der Waals surface area contributed by atoms with Crippen LogP contribution in [-0.4, -0.2) is 42.7 Å². The number of hydrogen-bond acceptors (Lipinski definition) is 6. The van der Waals surface area contributed by atoms with E-state index in [-0.39, 0.29) is 10.7 Å². The number of benzene rings is 2. The fourth-order valence-electron chi connectivity index (χ4n) is 3.00. The average molecular weight is 370 g/mol. The summed E-state index contributed by atoms with van der Waals surface area (Å²) in [6.45, 7) is 0.987. The van der Waals surface area contributed by atoms with Gasteiger partial charge in [-0.2, -0.15) is 0 Å². The van der Waals surface area contributed by atoms with E-state index in [0.29, 0.717) is 36.4 Å². The molecule has 0 spiro atoms. The van der Waals surface area contributed by atoms with Gasteiger partial charge in [-0.05, 0) is 30.7 Å². The van der Waals surface area contributed by atoms with Gasteiger partial charge in [0, 0.05) is 13.1 Å². The van der Waals surface area contributed by atoms with E-state index >= 15 is 0 Å². The average Bonchev–Trinajstić information content (AvgIpc) is 3.08. The Morgan fingerprint density at radius 1 is 1.00 bits per heavy atom. The molecule has 2 heterocycles. The van der Waals surface area contributed by atoms with Gasteiger partial charge in [0.25, 0.3) is 10.0 Å². The van der Waals surface area contributed by atoms with Crippen molar-refractivity contribution in [2.24, 2.45) is 0 Å². The first kappa shape index (κ1) is 16.7. The summed E-state index contributed by atoms with van der Waals surface area (Å²) in [5.74, 6) is 0.599. The van der Waals surface area contributed by atoms with Crippen molar-refractivity contribution in [3.05, 3.63) is 54.6 Å². The summed E-state index contributed by atoms with van der Waals surface area (Å²) in [5, 5.41) is 9.85. The third-order valence-corrected chi connectivity index (χ3v) is 5.65. The van der Waals surface area contributed by atoms with Crippen molar-refractivity contribution >= 4 is 32.7 Å². The topological polar surface area (TPSA) is 95.4 Å². The summed E-state index contributed by atoms with van der Waals surface area (Å²) in [6, 6.07) is 15.4. The Hall–Kier alpha value is -2.71. The third-order valence-electron chi connectivity index (χ3n) is 4.30. The summed E-state index contributed by atoms with van der Waals surface area (Å²) >= 11 is 0. The van der Waals surface area contributed by atoms with Crippen LogP contribution in [-0.2, 0) is 10.0 Å². The molecule has 0 unspecified atom stereocenters. The van der Waals surface area contributed by atoms with Gasteiger partial charge in [0.2, 0.25) is 0 Å². The minimum atomic E-state index is -3.79. The zero-order valence-corrected chi connectivity index (χ0v) is 14.7. The van der Waals surface area contributed by atoms with Crippen LogP contribution in [0.4, 0.5) is 11.6 Å². The summed E-state index contributed by atoms with van der Waals surface area (Å²) in [4.78, 5) is 11.1. The van der Waals surface area contributed by atoms with Crippen LogP contribution in [0.15, 0.2) is 59.5 Å². The van der Waals surface area contributed by atoms with Crippen LogP contribution in [0.5, 0.6) is 0 Å². The Balaban J connectivity index is 1.80. The molecule has 134 valence electrons. The SMILES string of the molecule is O=S(=O)(Nc1nc2ccccc2nc1N1CC[C@H](O)C1)c1ccccc1. The number of aliphatic hydroxyl groups is 1. The Bertz CT molecular complexity index is 1040. The van der Waals surface area contributed by atoms with Crippen LogP contribution in [0.3, 0.4) is 0 Å². The predicted molar refractivity (Wildman–Crippen MR) is 99.6 cm³/mol. The van der Waals surface area contributed by atoms with E-state index in [0.717, 1.165) is 0 Å². The fourth-order valence-corrected chi connectivity index (χ4v) is 4.02. The molecule has 1 aliphatic rings. The van der Waals surface area contributed by atoms with Crippen molar-refractivity contribution in [1.29, 1.82) is 0 Å². The molecule has 0 bridgehead atoms. The molecule has 7 nitrogen and oxygen atoms in total. The quantitative estimate of drug-likeness (QED) is 0.729. The van der Waals surface area contributed by atoms with Crippen molar-refractivity contribution < 1.29 is 13.5 Å². The Labute approximate surface area is 151 Å². The molecule has 2 N–H and O–H groups in total. The number of hydrogen-bond donors (Lipinski definition) is 2. The number of para-hydroxylation sites is 2. The van der Waals surface area contributed by atoms with Gasteiger partial charge in [-0.25, -0.2) is 18.4 Å². The van der Waals surface area contributed by atoms with E-state index in [2.05, 4.69) is 14.7 Å². The van der Waals surface area contributed by atoms with Gasteiger partial charge in [0.05, 0.1) is 22.0 Å². The Morgan fingerprint density at radius 3 is 2.31 bits per heavy atom. The lowest BCUT2D eigenvalue weighted by Gasteiger charge is -2.20. The lowest BCUT2D eigenvalue weighted by molar-refractivity contribution is 0.198. The molecule has 1 fully saturated rings. The molecule has 1 aromatic heterocycles. The summed E-state index contributed by atoms with van der Waals surface area (Å²) in [6.07, 6.45) is 0.154. The van der Waals surface area contributed by atoms with Gasteiger partial charge in [-0.1, -0.05) is 30.3 Å². The van der Waals surface area contributed by atoms with Gasteiger partial charge in [0.15, 0.2) is 11.6 Å². The molecule has 0 saturated carbocycles. The van der Waals surface area contributed by atoms with Crippen molar-refractivity contribution in [2.45, 2.75) is 17.4 Å². The maximum Gasteiger partial charge on any atom is 0.263 e. The predicted octanol–water partition coefficient (Wildman–Crippen LogP) is 2.00. The standard InChI is InChI=1S/C18H18N4O3S/c23-13-10-11-22(12-13)18-17(19-15-8-4-5-9-16(15)20-18)21-26(24,25)14-6-2-1-3-7-14/h1-9,13,23H,10-12H2,(H,19,21)/t13-/m0/s1. The summed E-state index contributed by atoms with van der Waals surface area (Å²) in [5.41, 5.74) is 1.27. The number of nitrogens with zero attached hydrogens (tertiary/aromatic N) is 3. The summed E-state index contributed by atoms with van der Waals surface area (Å²) in [7, 11) is -3.79. The van der Waals surface area contributed by atoms with Crippen LogP contribution < -0.4 is 9.62 Å². The van der Waals surface area contributed by atoms with Crippen molar-refractivity contribution in [3.63, 3.8) is 0 Å². The minimum absolute atomic E-state index is 0.155. The second kappa shape index (κ2) is 6.54. The zero-order valence-electron chi connectivity index (χ0n) is 13.9. The highest BCUT2D eigenvalue weighted by Crippen LogP contribution is 2.29. The number of aliphatic hydroxyl groups excluding tert-OH is 1. The number of sulfonamides is 1. The molecule has 2 aromatic carbocycles. The molecule has 1 atom stereocenters. The van der Waals surface area contributed by atoms with E-state index in [1.807, 2.05) is 23.1 Å². The zero-order chi connectivity index (χ0) is 18.1. The van der Waals surface area contributed by atoms with Gasteiger partial charge >= 0.3 is 0 Å². The van der Waals surface area contributed by atoms with E-state index in [4.69, 9.17) is 0 Å². The smallest absolute Gasteiger partial charge is 0.263 e. The highest BCUT2D eigenvalue weighted by atomic mass is 32.2. The van der Waals surface area contributed by atoms with Crippen LogP contribution in [0.1, 0.15) is 6.42 Å². The first-order chi connectivity index (χ1) is 12.5. The maximum atomic E-state index is 12.7. The fraction of sp³-hybridized carbons (Fsp3) is 0.222. The molecule has 4 rings (SSSR count). The van der Waals surface area contributed by atoms with Crippen molar-refractivity contribution in [2.75, 3.05) is 22.7 Å². The Kier molecular flexibility index (Phi) is 4.21. The van der Waals surface area contributed by atoms with E-state index < -0.39 is 16.1 Å². The monoisotopic (exact) mass is 370 g/mol. The van der Waals surface area contributed by atoms with Crippen LogP contribution in [0.2, 0.25) is 0 Å². The molecule has 1 saturated heterocycles. The second-order valence-electron chi connectivity index (χ2n) is 6.19. The second-order valence-corrected chi connectivity index (χ2v) is 7.87. The van der Waals surface area contributed by atoms with E-state index in [1.165, 1.54) is 12.1 Å². The number of nitrogens with one attached hydrogen (secondary N) is 1. The molecule has 8 heteroatoms. The lowest BCUT2D eigenvalue weighted by Crippen LogP contribution is -2.25. The van der Waals surface area contributed by atoms with Crippen LogP contribution >= 0.6 is 0 Å². The highest BCUT2D eigenvalue weighted by molar-refractivity contribution is 7.92. The maximum absolute atomic E-state index is 12.7. The molecule has 0 amide bonds. The lowest BCUT2D eigenvalue weighted by atomic mass is 10.3. The molecule has 0 radical (unpaired) electrons. The normalized spacial score (nSPS) is 17.6. The van der Waals surface area contributed by atoms with Gasteiger partial charge in [-0.3, -0.25) is 4.72 Å². The molecular formula is C18H18N4O3S.